The Morgan fingerprint density at radius 1 is 1.12 bits per heavy atom. The Labute approximate surface area is 145 Å². The summed E-state index contributed by atoms with van der Waals surface area (Å²) in [6, 6.07) is 15.0. The smallest absolute Gasteiger partial charge is 0.135 e. The van der Waals surface area contributed by atoms with Crippen molar-refractivity contribution in [3.8, 4) is 0 Å². The molecule has 0 aliphatic heterocycles. The summed E-state index contributed by atoms with van der Waals surface area (Å²) < 4.78 is 7.38. The number of aliphatic hydroxyl groups excluding tert-OH is 2. The average Bonchev–Trinajstić information content (AvgIpc) is 2.94. The molecule has 5 nitrogen and oxygen atoms in total. The molecule has 0 aliphatic rings. The van der Waals surface area contributed by atoms with Crippen LogP contribution in [-0.4, -0.2) is 32.5 Å². The van der Waals surface area contributed by atoms with Crippen molar-refractivity contribution in [3.63, 3.8) is 0 Å². The van der Waals surface area contributed by atoms with Gasteiger partial charge in [0.05, 0.1) is 36.9 Å². The fourth-order valence-electron chi connectivity index (χ4n) is 2.63. The highest BCUT2D eigenvalue weighted by Crippen LogP contribution is 2.18. The Bertz CT molecular complexity index is 819. The molecule has 0 aliphatic carbocycles. The fourth-order valence-corrected chi connectivity index (χ4v) is 2.82. The summed E-state index contributed by atoms with van der Waals surface area (Å²) in [5.74, 6) is 0.529. The number of aliphatic hydroxyl groups is 2. The van der Waals surface area contributed by atoms with Gasteiger partial charge in [-0.25, -0.2) is 4.98 Å². The summed E-state index contributed by atoms with van der Waals surface area (Å²) in [5, 5.41) is 20.4. The first-order valence-corrected chi connectivity index (χ1v) is 8.11. The number of hydrogen-bond acceptors (Lipinski definition) is 4. The summed E-state index contributed by atoms with van der Waals surface area (Å²) in [6.07, 6.45) is -0.713. The predicted octanol–water partition coefficient (Wildman–Crippen LogP) is 2.76. The van der Waals surface area contributed by atoms with Gasteiger partial charge in [0.15, 0.2) is 0 Å². The van der Waals surface area contributed by atoms with Crippen molar-refractivity contribution in [2.75, 3.05) is 6.61 Å². The summed E-state index contributed by atoms with van der Waals surface area (Å²) in [7, 11) is 0. The molecule has 1 aromatic heterocycles. The van der Waals surface area contributed by atoms with Crippen LogP contribution in [0.5, 0.6) is 0 Å². The van der Waals surface area contributed by atoms with E-state index in [1.165, 1.54) is 0 Å². The molecule has 0 bridgehead atoms. The van der Waals surface area contributed by atoms with E-state index in [0.717, 1.165) is 16.6 Å². The Balaban J connectivity index is 1.63. The van der Waals surface area contributed by atoms with Crippen LogP contribution < -0.4 is 0 Å². The summed E-state index contributed by atoms with van der Waals surface area (Å²) in [5.41, 5.74) is 2.56. The fraction of sp³-hybridized carbons (Fsp3) is 0.278. The molecule has 0 amide bonds. The molecule has 1 unspecified atom stereocenters. The van der Waals surface area contributed by atoms with Crippen molar-refractivity contribution >= 4 is 22.6 Å². The number of benzene rings is 2. The van der Waals surface area contributed by atoms with Crippen molar-refractivity contribution in [1.82, 2.24) is 9.55 Å². The highest BCUT2D eigenvalue weighted by Gasteiger charge is 2.14. The molecule has 3 rings (SSSR count). The molecule has 2 N–H and O–H groups in total. The monoisotopic (exact) mass is 346 g/mol. The lowest BCUT2D eigenvalue weighted by Gasteiger charge is -2.15. The number of aromatic nitrogens is 2. The van der Waals surface area contributed by atoms with Gasteiger partial charge in [0, 0.05) is 5.02 Å². The van der Waals surface area contributed by atoms with E-state index in [1.807, 2.05) is 53.1 Å². The molecule has 0 saturated heterocycles. The van der Waals surface area contributed by atoms with E-state index in [4.69, 9.17) is 16.3 Å². The van der Waals surface area contributed by atoms with Crippen molar-refractivity contribution in [3.05, 3.63) is 64.9 Å². The second-order valence-electron chi connectivity index (χ2n) is 5.55. The first-order valence-electron chi connectivity index (χ1n) is 7.73. The first kappa shape index (κ1) is 16.9. The molecule has 1 atom stereocenters. The van der Waals surface area contributed by atoms with Crippen molar-refractivity contribution < 1.29 is 14.9 Å². The maximum atomic E-state index is 10.3. The molecule has 6 heteroatoms. The van der Waals surface area contributed by atoms with Crippen LogP contribution in [0.4, 0.5) is 0 Å². The quantitative estimate of drug-likeness (QED) is 0.690. The zero-order valence-electron chi connectivity index (χ0n) is 13.1. The minimum Gasteiger partial charge on any atom is -0.389 e. The Morgan fingerprint density at radius 2 is 1.88 bits per heavy atom. The molecule has 0 fully saturated rings. The Kier molecular flexibility index (Phi) is 5.48. The van der Waals surface area contributed by atoms with E-state index in [1.54, 1.807) is 0 Å². The van der Waals surface area contributed by atoms with Gasteiger partial charge in [-0.15, -0.1) is 0 Å². The van der Waals surface area contributed by atoms with Gasteiger partial charge in [0.1, 0.15) is 12.4 Å². The number of imidazole rings is 1. The van der Waals surface area contributed by atoms with E-state index in [-0.39, 0.29) is 13.2 Å². The minimum atomic E-state index is -0.713. The lowest BCUT2D eigenvalue weighted by molar-refractivity contribution is 0.0201. The van der Waals surface area contributed by atoms with Crippen LogP contribution in [0, 0.1) is 0 Å². The van der Waals surface area contributed by atoms with Gasteiger partial charge in [-0.05, 0) is 23.8 Å². The third-order valence-corrected chi connectivity index (χ3v) is 4.16. The van der Waals surface area contributed by atoms with Gasteiger partial charge >= 0.3 is 0 Å². The van der Waals surface area contributed by atoms with Crippen LogP contribution in [0.1, 0.15) is 11.4 Å². The topological polar surface area (TPSA) is 67.5 Å². The van der Waals surface area contributed by atoms with Gasteiger partial charge in [0.25, 0.3) is 0 Å². The largest absolute Gasteiger partial charge is 0.389 e. The first-order chi connectivity index (χ1) is 11.7. The summed E-state index contributed by atoms with van der Waals surface area (Å²) in [4.78, 5) is 4.37. The zero-order chi connectivity index (χ0) is 16.9. The molecule has 24 heavy (non-hydrogen) atoms. The number of nitrogens with zero attached hydrogens (tertiary/aromatic N) is 2. The third-order valence-electron chi connectivity index (χ3n) is 3.79. The van der Waals surface area contributed by atoms with Crippen LogP contribution in [0.2, 0.25) is 5.02 Å². The van der Waals surface area contributed by atoms with Crippen LogP contribution in [0.3, 0.4) is 0 Å². The highest BCUT2D eigenvalue weighted by molar-refractivity contribution is 6.31. The Morgan fingerprint density at radius 3 is 2.67 bits per heavy atom. The van der Waals surface area contributed by atoms with E-state index in [0.29, 0.717) is 24.0 Å². The minimum absolute atomic E-state index is 0.169. The maximum Gasteiger partial charge on any atom is 0.135 e. The SMILES string of the molecule is OCc1nc2ccccc2n1CC(O)COCc1ccccc1Cl. The number of fused-ring (bicyclic) bond motifs is 1. The van der Waals surface area contributed by atoms with E-state index < -0.39 is 6.10 Å². The summed E-state index contributed by atoms with van der Waals surface area (Å²) >= 11 is 6.08. The zero-order valence-corrected chi connectivity index (χ0v) is 13.9. The second kappa shape index (κ2) is 7.77. The highest BCUT2D eigenvalue weighted by atomic mass is 35.5. The Hall–Kier alpha value is -1.92. The standard InChI is InChI=1S/C18H19ClN2O3/c19-15-6-2-1-5-13(15)11-24-12-14(23)9-21-17-8-4-3-7-16(17)20-18(21)10-22/h1-8,14,22-23H,9-12H2. The number of ether oxygens (including phenoxy) is 1. The van der Waals surface area contributed by atoms with Gasteiger partial charge in [-0.1, -0.05) is 41.9 Å². The van der Waals surface area contributed by atoms with Crippen molar-refractivity contribution in [2.45, 2.75) is 25.9 Å². The van der Waals surface area contributed by atoms with Gasteiger partial charge in [-0.2, -0.15) is 0 Å². The van der Waals surface area contributed by atoms with Crippen LogP contribution in [0.15, 0.2) is 48.5 Å². The second-order valence-corrected chi connectivity index (χ2v) is 5.95. The van der Waals surface area contributed by atoms with Crippen LogP contribution in [-0.2, 0) is 24.5 Å². The lowest BCUT2D eigenvalue weighted by Crippen LogP contribution is -2.23. The van der Waals surface area contributed by atoms with Crippen molar-refractivity contribution in [1.29, 1.82) is 0 Å². The van der Waals surface area contributed by atoms with E-state index >= 15 is 0 Å². The molecule has 0 saturated carbocycles. The number of rotatable bonds is 7. The molecular weight excluding hydrogens is 328 g/mol. The lowest BCUT2D eigenvalue weighted by atomic mass is 10.2. The average molecular weight is 347 g/mol. The molecule has 126 valence electrons. The van der Waals surface area contributed by atoms with Gasteiger partial charge in [-0.3, -0.25) is 0 Å². The number of para-hydroxylation sites is 2. The van der Waals surface area contributed by atoms with Crippen LogP contribution in [0.25, 0.3) is 11.0 Å². The number of halogens is 1. The molecule has 0 radical (unpaired) electrons. The summed E-state index contributed by atoms with van der Waals surface area (Å²) in [6.45, 7) is 0.637. The molecule has 3 aromatic rings. The third kappa shape index (κ3) is 3.76. The van der Waals surface area contributed by atoms with Gasteiger partial charge < -0.3 is 19.5 Å². The number of hydrogen-bond donors (Lipinski definition) is 2. The van der Waals surface area contributed by atoms with Gasteiger partial charge in [0.2, 0.25) is 0 Å². The predicted molar refractivity (Wildman–Crippen MR) is 92.8 cm³/mol. The molecule has 2 aromatic carbocycles. The normalized spacial score (nSPS) is 12.6. The maximum absolute atomic E-state index is 10.3. The van der Waals surface area contributed by atoms with Crippen molar-refractivity contribution in [2.24, 2.45) is 0 Å². The van der Waals surface area contributed by atoms with Crippen LogP contribution >= 0.6 is 11.6 Å². The molecule has 0 spiro atoms. The van der Waals surface area contributed by atoms with E-state index in [9.17, 15) is 10.2 Å². The molecule has 1 heterocycles. The van der Waals surface area contributed by atoms with E-state index in [2.05, 4.69) is 4.98 Å². The molecular formula is C18H19ClN2O3.